The molecule has 0 aromatic carbocycles. The molecule has 1 amide bonds. The van der Waals surface area contributed by atoms with Crippen molar-refractivity contribution >= 4 is 11.9 Å². The lowest BCUT2D eigenvalue weighted by Gasteiger charge is -2.11. The summed E-state index contributed by atoms with van der Waals surface area (Å²) in [6.07, 6.45) is 2.38. The third-order valence-corrected chi connectivity index (χ3v) is 2.44. The Hall–Kier alpha value is -1.32. The monoisotopic (exact) mass is 197 g/mol. The molecule has 1 aliphatic rings. The lowest BCUT2D eigenvalue weighted by Crippen LogP contribution is -2.26. The number of nitrogens with zero attached hydrogens (tertiary/aromatic N) is 1. The molecule has 1 unspecified atom stereocenters. The Kier molecular flexibility index (Phi) is 3.68. The average molecular weight is 197 g/mol. The molecule has 1 saturated heterocycles. The number of hydrogen-bond acceptors (Lipinski definition) is 2. The van der Waals surface area contributed by atoms with Crippen LogP contribution >= 0.6 is 0 Å². The van der Waals surface area contributed by atoms with Crippen molar-refractivity contribution in [2.24, 2.45) is 5.92 Å². The van der Waals surface area contributed by atoms with Crippen LogP contribution in [0.1, 0.15) is 19.3 Å². The maximum absolute atomic E-state index is 11.2. The first kappa shape index (κ1) is 10.8. The highest BCUT2D eigenvalue weighted by Crippen LogP contribution is 2.20. The van der Waals surface area contributed by atoms with E-state index < -0.39 is 6.09 Å². The molecule has 0 aromatic rings. The third-order valence-electron chi connectivity index (χ3n) is 2.44. The highest BCUT2D eigenvalue weighted by atomic mass is 16.4. The fraction of sp³-hybridized carbons (Fsp3) is 0.600. The van der Waals surface area contributed by atoms with E-state index in [1.807, 2.05) is 0 Å². The molecule has 0 aromatic heterocycles. The van der Waals surface area contributed by atoms with Crippen LogP contribution in [0.4, 0.5) is 4.79 Å². The SMILES string of the molecule is C=CCC(=O)CC1CCN(C(=O)O)C1. The number of carboxylic acid groups (broad SMARTS) is 1. The fourth-order valence-electron chi connectivity index (χ4n) is 1.74. The van der Waals surface area contributed by atoms with Crippen molar-refractivity contribution in [3.05, 3.63) is 12.7 Å². The van der Waals surface area contributed by atoms with Crippen molar-refractivity contribution in [2.75, 3.05) is 13.1 Å². The van der Waals surface area contributed by atoms with Gasteiger partial charge in [-0.25, -0.2) is 4.79 Å². The zero-order valence-electron chi connectivity index (χ0n) is 8.11. The number of carbonyl (C=O) groups excluding carboxylic acids is 1. The molecule has 0 aliphatic carbocycles. The summed E-state index contributed by atoms with van der Waals surface area (Å²) in [4.78, 5) is 23.2. The van der Waals surface area contributed by atoms with Crippen molar-refractivity contribution < 1.29 is 14.7 Å². The van der Waals surface area contributed by atoms with Gasteiger partial charge in [0.15, 0.2) is 0 Å². The maximum Gasteiger partial charge on any atom is 0.407 e. The Morgan fingerprint density at radius 2 is 2.29 bits per heavy atom. The van der Waals surface area contributed by atoms with Gasteiger partial charge in [-0.3, -0.25) is 4.79 Å². The normalized spacial score (nSPS) is 20.9. The molecule has 4 nitrogen and oxygen atoms in total. The molecule has 0 spiro atoms. The molecule has 78 valence electrons. The van der Waals surface area contributed by atoms with Gasteiger partial charge >= 0.3 is 6.09 Å². The largest absolute Gasteiger partial charge is 0.465 e. The Morgan fingerprint density at radius 3 is 2.79 bits per heavy atom. The minimum atomic E-state index is -0.885. The molecule has 1 atom stereocenters. The van der Waals surface area contributed by atoms with Crippen molar-refractivity contribution in [3.63, 3.8) is 0 Å². The van der Waals surface area contributed by atoms with Crippen LogP contribution in [0, 0.1) is 5.92 Å². The lowest BCUT2D eigenvalue weighted by molar-refractivity contribution is -0.119. The summed E-state index contributed by atoms with van der Waals surface area (Å²) >= 11 is 0. The first-order chi connectivity index (χ1) is 6.63. The first-order valence-corrected chi connectivity index (χ1v) is 4.74. The quantitative estimate of drug-likeness (QED) is 0.695. The van der Waals surface area contributed by atoms with E-state index in [0.717, 1.165) is 6.42 Å². The van der Waals surface area contributed by atoms with E-state index in [4.69, 9.17) is 5.11 Å². The van der Waals surface area contributed by atoms with Crippen LogP contribution < -0.4 is 0 Å². The van der Waals surface area contributed by atoms with Crippen LogP contribution in [0.3, 0.4) is 0 Å². The Labute approximate surface area is 83.2 Å². The van der Waals surface area contributed by atoms with E-state index in [2.05, 4.69) is 6.58 Å². The van der Waals surface area contributed by atoms with Gasteiger partial charge in [0.25, 0.3) is 0 Å². The highest BCUT2D eigenvalue weighted by Gasteiger charge is 2.26. The van der Waals surface area contributed by atoms with Crippen LogP contribution in [0.15, 0.2) is 12.7 Å². The third kappa shape index (κ3) is 2.87. The van der Waals surface area contributed by atoms with E-state index >= 15 is 0 Å². The zero-order chi connectivity index (χ0) is 10.6. The number of allylic oxidation sites excluding steroid dienone is 1. The summed E-state index contributed by atoms with van der Waals surface area (Å²) in [7, 11) is 0. The number of hydrogen-bond donors (Lipinski definition) is 1. The van der Waals surface area contributed by atoms with E-state index in [-0.39, 0.29) is 11.7 Å². The van der Waals surface area contributed by atoms with Crippen LogP contribution in [0.2, 0.25) is 0 Å². The molecule has 1 fully saturated rings. The molecule has 4 heteroatoms. The summed E-state index contributed by atoms with van der Waals surface area (Å²) in [5, 5.41) is 8.69. The zero-order valence-corrected chi connectivity index (χ0v) is 8.11. The Balaban J connectivity index is 2.32. The van der Waals surface area contributed by atoms with Crippen LogP contribution in [-0.4, -0.2) is 35.0 Å². The van der Waals surface area contributed by atoms with Gasteiger partial charge in [0.2, 0.25) is 0 Å². The molecule has 14 heavy (non-hydrogen) atoms. The van der Waals surface area contributed by atoms with Crippen molar-refractivity contribution in [3.8, 4) is 0 Å². The van der Waals surface area contributed by atoms with E-state index in [1.165, 1.54) is 4.90 Å². The van der Waals surface area contributed by atoms with Crippen LogP contribution in [0.5, 0.6) is 0 Å². The second-order valence-corrected chi connectivity index (χ2v) is 3.62. The average Bonchev–Trinajstić information content (AvgIpc) is 2.53. The predicted octanol–water partition coefficient (Wildman–Crippen LogP) is 1.52. The van der Waals surface area contributed by atoms with Gasteiger partial charge < -0.3 is 10.0 Å². The van der Waals surface area contributed by atoms with E-state index in [9.17, 15) is 9.59 Å². The second kappa shape index (κ2) is 4.79. The Bertz CT molecular complexity index is 250. The highest BCUT2D eigenvalue weighted by molar-refractivity contribution is 5.80. The number of rotatable bonds is 4. The molecule has 1 heterocycles. The van der Waals surface area contributed by atoms with Crippen molar-refractivity contribution in [1.82, 2.24) is 4.90 Å². The summed E-state index contributed by atoms with van der Waals surface area (Å²) in [5.41, 5.74) is 0. The van der Waals surface area contributed by atoms with Crippen LogP contribution in [-0.2, 0) is 4.79 Å². The fourth-order valence-corrected chi connectivity index (χ4v) is 1.74. The summed E-state index contributed by atoms with van der Waals surface area (Å²) in [6.45, 7) is 4.55. The molecular weight excluding hydrogens is 182 g/mol. The molecule has 1 rings (SSSR count). The van der Waals surface area contributed by atoms with Crippen LogP contribution in [0.25, 0.3) is 0 Å². The van der Waals surface area contributed by atoms with E-state index in [0.29, 0.717) is 25.9 Å². The smallest absolute Gasteiger partial charge is 0.407 e. The number of Topliss-reactive ketones (excluding diaryl/α,β-unsaturated/α-hetero) is 1. The molecule has 1 N–H and O–H groups in total. The molecule has 1 aliphatic heterocycles. The number of amides is 1. The van der Waals surface area contributed by atoms with Crippen molar-refractivity contribution in [2.45, 2.75) is 19.3 Å². The molecule has 0 radical (unpaired) electrons. The number of ketones is 1. The van der Waals surface area contributed by atoms with Gasteiger partial charge in [-0.1, -0.05) is 6.08 Å². The second-order valence-electron chi connectivity index (χ2n) is 3.62. The van der Waals surface area contributed by atoms with Gasteiger partial charge in [0.05, 0.1) is 0 Å². The molecule has 0 saturated carbocycles. The standard InChI is InChI=1S/C10H15NO3/c1-2-3-9(12)6-8-4-5-11(7-8)10(13)14/h2,8H,1,3-7H2,(H,13,14). The van der Waals surface area contributed by atoms with Gasteiger partial charge in [-0.2, -0.15) is 0 Å². The molecule has 0 bridgehead atoms. The predicted molar refractivity (Wildman–Crippen MR) is 52.1 cm³/mol. The minimum Gasteiger partial charge on any atom is -0.465 e. The lowest BCUT2D eigenvalue weighted by atomic mass is 10.0. The number of carbonyl (C=O) groups is 2. The minimum absolute atomic E-state index is 0.150. The maximum atomic E-state index is 11.2. The summed E-state index contributed by atoms with van der Waals surface area (Å²) < 4.78 is 0. The molecular formula is C10H15NO3. The van der Waals surface area contributed by atoms with Gasteiger partial charge in [0, 0.05) is 25.9 Å². The van der Waals surface area contributed by atoms with E-state index in [1.54, 1.807) is 6.08 Å². The summed E-state index contributed by atoms with van der Waals surface area (Å²) in [5.74, 6) is 0.357. The first-order valence-electron chi connectivity index (χ1n) is 4.74. The van der Waals surface area contributed by atoms with Gasteiger partial charge in [0.1, 0.15) is 5.78 Å². The topological polar surface area (TPSA) is 57.6 Å². The Morgan fingerprint density at radius 1 is 1.57 bits per heavy atom. The van der Waals surface area contributed by atoms with Gasteiger partial charge in [-0.15, -0.1) is 6.58 Å². The summed E-state index contributed by atoms with van der Waals surface area (Å²) in [6, 6.07) is 0. The van der Waals surface area contributed by atoms with Gasteiger partial charge in [-0.05, 0) is 12.3 Å². The number of likely N-dealkylation sites (tertiary alicyclic amines) is 1. The van der Waals surface area contributed by atoms with Crippen molar-refractivity contribution in [1.29, 1.82) is 0 Å².